The minimum Gasteiger partial charge on any atom is -0.398 e. The van der Waals surface area contributed by atoms with E-state index in [0.29, 0.717) is 11.3 Å². The monoisotopic (exact) mass is 355 g/mol. The molecule has 2 amide bonds. The van der Waals surface area contributed by atoms with Crippen molar-refractivity contribution in [3.8, 4) is 0 Å². The van der Waals surface area contributed by atoms with E-state index in [-0.39, 0.29) is 6.03 Å². The van der Waals surface area contributed by atoms with E-state index in [9.17, 15) is 4.79 Å². The van der Waals surface area contributed by atoms with Crippen LogP contribution in [0.25, 0.3) is 5.57 Å². The van der Waals surface area contributed by atoms with E-state index in [2.05, 4.69) is 32.1 Å². The summed E-state index contributed by atoms with van der Waals surface area (Å²) in [5, 5.41) is 0. The van der Waals surface area contributed by atoms with Gasteiger partial charge in [0.25, 0.3) is 0 Å². The number of nitrogens with zero attached hydrogens (tertiary/aromatic N) is 2. The first-order chi connectivity index (χ1) is 12.4. The molecule has 1 aliphatic heterocycles. The normalized spacial score (nSPS) is 21.1. The van der Waals surface area contributed by atoms with Crippen LogP contribution in [0.15, 0.2) is 24.3 Å². The zero-order valence-corrected chi connectivity index (χ0v) is 16.7. The Morgan fingerprint density at radius 2 is 1.81 bits per heavy atom. The van der Waals surface area contributed by atoms with Gasteiger partial charge in [0.05, 0.1) is 0 Å². The van der Waals surface area contributed by atoms with Crippen molar-refractivity contribution in [3.05, 3.63) is 35.4 Å². The van der Waals surface area contributed by atoms with E-state index in [1.54, 1.807) is 9.80 Å². The van der Waals surface area contributed by atoms with Gasteiger partial charge in [-0.3, -0.25) is 0 Å². The predicted molar refractivity (Wildman–Crippen MR) is 109 cm³/mol. The lowest BCUT2D eigenvalue weighted by atomic mass is 9.70. The van der Waals surface area contributed by atoms with Gasteiger partial charge in [-0.25, -0.2) is 4.79 Å². The summed E-state index contributed by atoms with van der Waals surface area (Å²) in [6, 6.07) is 6.55. The van der Waals surface area contributed by atoms with Crippen LogP contribution in [-0.2, 0) is 0 Å². The van der Waals surface area contributed by atoms with Gasteiger partial charge in [-0.05, 0) is 47.9 Å². The number of likely N-dealkylation sites (N-methyl/N-ethyl adjacent to an activating group) is 2. The molecule has 0 saturated carbocycles. The molecule has 4 heteroatoms. The summed E-state index contributed by atoms with van der Waals surface area (Å²) in [5.41, 5.74) is 11.6. The van der Waals surface area contributed by atoms with Gasteiger partial charge in [0.1, 0.15) is 0 Å². The highest BCUT2D eigenvalue weighted by Crippen LogP contribution is 2.44. The number of nitrogens with two attached hydrogens (primary N) is 1. The largest absolute Gasteiger partial charge is 0.398 e. The highest BCUT2D eigenvalue weighted by atomic mass is 16.2. The van der Waals surface area contributed by atoms with E-state index < -0.39 is 0 Å². The molecule has 2 aliphatic rings. The van der Waals surface area contributed by atoms with Gasteiger partial charge >= 0.3 is 6.03 Å². The van der Waals surface area contributed by atoms with Crippen LogP contribution in [0, 0.1) is 5.41 Å². The van der Waals surface area contributed by atoms with E-state index in [1.807, 2.05) is 20.2 Å². The molecule has 2 N–H and O–H groups in total. The van der Waals surface area contributed by atoms with Crippen molar-refractivity contribution in [2.24, 2.45) is 5.41 Å². The second-order valence-electron chi connectivity index (χ2n) is 8.23. The molecule has 4 nitrogen and oxygen atoms in total. The van der Waals surface area contributed by atoms with Crippen LogP contribution in [0.5, 0.6) is 0 Å². The van der Waals surface area contributed by atoms with Crippen molar-refractivity contribution in [2.45, 2.75) is 51.9 Å². The van der Waals surface area contributed by atoms with Crippen LogP contribution in [0.2, 0.25) is 0 Å². The van der Waals surface area contributed by atoms with Crippen LogP contribution in [-0.4, -0.2) is 43.0 Å². The molecule has 0 unspecified atom stereocenters. The number of hydrogen-bond acceptors (Lipinski definition) is 2. The van der Waals surface area contributed by atoms with Gasteiger partial charge in [-0.1, -0.05) is 38.8 Å². The molecule has 1 aliphatic carbocycles. The summed E-state index contributed by atoms with van der Waals surface area (Å²) in [5.74, 6) is 0.330. The number of anilines is 1. The number of benzene rings is 1. The zero-order chi connectivity index (χ0) is 18.9. The lowest BCUT2D eigenvalue weighted by Gasteiger charge is -2.37. The topological polar surface area (TPSA) is 49.6 Å². The van der Waals surface area contributed by atoms with Crippen LogP contribution in [0.4, 0.5) is 10.5 Å². The third-order valence-electron chi connectivity index (χ3n) is 6.74. The van der Waals surface area contributed by atoms with Crippen LogP contribution < -0.4 is 5.73 Å². The van der Waals surface area contributed by atoms with E-state index in [1.165, 1.54) is 36.0 Å². The Morgan fingerprint density at radius 3 is 2.35 bits per heavy atom. The number of allylic oxidation sites excluding steroid dienone is 2. The molecule has 0 aromatic heterocycles. The molecule has 0 radical (unpaired) electrons. The van der Waals surface area contributed by atoms with E-state index in [0.717, 1.165) is 31.6 Å². The maximum atomic E-state index is 12.0. The molecular weight excluding hydrogens is 322 g/mol. The molecule has 3 rings (SSSR count). The Labute approximate surface area is 158 Å². The fourth-order valence-corrected chi connectivity index (χ4v) is 4.56. The maximum absolute atomic E-state index is 12.0. The van der Waals surface area contributed by atoms with Gasteiger partial charge in [-0.15, -0.1) is 0 Å². The van der Waals surface area contributed by atoms with E-state index in [4.69, 9.17) is 5.73 Å². The first kappa shape index (κ1) is 18.8. The Balaban J connectivity index is 1.85. The highest BCUT2D eigenvalue weighted by Gasteiger charge is 2.30. The summed E-state index contributed by atoms with van der Waals surface area (Å²) in [4.78, 5) is 15.6. The second kappa shape index (κ2) is 7.34. The molecule has 0 spiro atoms. The Morgan fingerprint density at radius 1 is 1.15 bits per heavy atom. The number of nitrogen functional groups attached to an aromatic ring is 1. The molecule has 1 heterocycles. The highest BCUT2D eigenvalue weighted by molar-refractivity contribution is 5.77. The van der Waals surface area contributed by atoms with E-state index >= 15 is 0 Å². The molecule has 1 aromatic rings. The number of carbonyl (C=O) groups excluding carboxylic acids is 1. The van der Waals surface area contributed by atoms with Gasteiger partial charge in [-0.2, -0.15) is 0 Å². The fourth-order valence-electron chi connectivity index (χ4n) is 4.56. The number of carbonyl (C=O) groups is 1. The number of hydrogen-bond donors (Lipinski definition) is 1. The molecule has 26 heavy (non-hydrogen) atoms. The minimum atomic E-state index is 0.0994. The van der Waals surface area contributed by atoms with Crippen LogP contribution >= 0.6 is 0 Å². The summed E-state index contributed by atoms with van der Waals surface area (Å²) >= 11 is 0. The first-order valence-corrected chi connectivity index (χ1v) is 9.94. The molecule has 142 valence electrons. The number of amides is 2. The van der Waals surface area contributed by atoms with Crippen molar-refractivity contribution < 1.29 is 4.79 Å². The van der Waals surface area contributed by atoms with Gasteiger partial charge < -0.3 is 15.5 Å². The average molecular weight is 356 g/mol. The van der Waals surface area contributed by atoms with Crippen molar-refractivity contribution in [3.63, 3.8) is 0 Å². The Kier molecular flexibility index (Phi) is 5.31. The molecule has 1 fully saturated rings. The summed E-state index contributed by atoms with van der Waals surface area (Å²) in [7, 11) is 3.75. The quantitative estimate of drug-likeness (QED) is 0.794. The SMILES string of the molecule is CCC1(CC)CC=C(c2cc(C3CN(C)C(=O)N(C)C3)ccc2N)CC1. The lowest BCUT2D eigenvalue weighted by Crippen LogP contribution is -2.48. The summed E-state index contributed by atoms with van der Waals surface area (Å²) < 4.78 is 0. The number of rotatable bonds is 4. The van der Waals surface area contributed by atoms with Gasteiger partial charge in [0.2, 0.25) is 0 Å². The molecular formula is C22H33N3O. The Bertz CT molecular complexity index is 691. The second-order valence-corrected chi connectivity index (χ2v) is 8.23. The minimum absolute atomic E-state index is 0.0994. The Hall–Kier alpha value is -1.97. The van der Waals surface area contributed by atoms with Crippen molar-refractivity contribution in [1.82, 2.24) is 9.80 Å². The fraction of sp³-hybridized carbons (Fsp3) is 0.591. The molecule has 1 saturated heterocycles. The molecule has 1 aromatic carbocycles. The average Bonchev–Trinajstić information content (AvgIpc) is 2.66. The third kappa shape index (κ3) is 3.46. The van der Waals surface area contributed by atoms with Crippen LogP contribution in [0.3, 0.4) is 0 Å². The standard InChI is InChI=1S/C22H33N3O/c1-5-22(6-2)11-9-16(10-12-22)19-13-17(7-8-20(19)23)18-14-24(3)21(26)25(4)15-18/h7-9,13,18H,5-6,10-12,14-15,23H2,1-4H3. The predicted octanol–water partition coefficient (Wildman–Crippen LogP) is 4.72. The van der Waals surface area contributed by atoms with Crippen molar-refractivity contribution in [1.29, 1.82) is 0 Å². The zero-order valence-electron chi connectivity index (χ0n) is 16.7. The lowest BCUT2D eigenvalue weighted by molar-refractivity contribution is 0.144. The van der Waals surface area contributed by atoms with Gasteiger partial charge in [0.15, 0.2) is 0 Å². The first-order valence-electron chi connectivity index (χ1n) is 9.94. The number of urea groups is 1. The maximum Gasteiger partial charge on any atom is 0.319 e. The van der Waals surface area contributed by atoms with Crippen molar-refractivity contribution in [2.75, 3.05) is 32.9 Å². The molecule has 0 bridgehead atoms. The smallest absolute Gasteiger partial charge is 0.319 e. The van der Waals surface area contributed by atoms with Crippen molar-refractivity contribution >= 4 is 17.3 Å². The summed E-state index contributed by atoms with van der Waals surface area (Å²) in [6.45, 7) is 6.16. The van der Waals surface area contributed by atoms with Crippen LogP contribution in [0.1, 0.15) is 63.0 Å². The third-order valence-corrected chi connectivity index (χ3v) is 6.74. The molecule has 0 atom stereocenters. The van der Waals surface area contributed by atoms with Gasteiger partial charge in [0, 0.05) is 44.4 Å². The summed E-state index contributed by atoms with van der Waals surface area (Å²) in [6.07, 6.45) is 8.43.